The van der Waals surface area contributed by atoms with Crippen molar-refractivity contribution in [1.82, 2.24) is 0 Å². The number of amides is 2. The predicted molar refractivity (Wildman–Crippen MR) is 80.0 cm³/mol. The van der Waals surface area contributed by atoms with Gasteiger partial charge in [-0.25, -0.2) is 9.74 Å². The van der Waals surface area contributed by atoms with Gasteiger partial charge in [0.25, 0.3) is 11.8 Å². The summed E-state index contributed by atoms with van der Waals surface area (Å²) < 4.78 is 39.6. The van der Waals surface area contributed by atoms with E-state index in [0.29, 0.717) is 11.0 Å². The average Bonchev–Trinajstić information content (AvgIpc) is 2.78. The topological polar surface area (TPSA) is 41.7 Å². The second-order valence-corrected chi connectivity index (χ2v) is 5.26. The third kappa shape index (κ3) is 2.24. The molecule has 0 saturated heterocycles. The molecule has 0 spiro atoms. The zero-order valence-electron chi connectivity index (χ0n) is 12.3. The second kappa shape index (κ2) is 5.20. The summed E-state index contributed by atoms with van der Waals surface area (Å²) in [7, 11) is 0. The summed E-state index contributed by atoms with van der Waals surface area (Å²) in [6.07, 6.45) is -4.76. The van der Waals surface area contributed by atoms with Crippen LogP contribution in [0.4, 0.5) is 24.5 Å². The second-order valence-electron chi connectivity index (χ2n) is 5.26. The van der Waals surface area contributed by atoms with Gasteiger partial charge in [0.2, 0.25) is 5.69 Å². The number of halogens is 3. The Hall–Kier alpha value is -3.14. The zero-order chi connectivity index (χ0) is 17.6. The van der Waals surface area contributed by atoms with Gasteiger partial charge in [0, 0.05) is 0 Å². The van der Waals surface area contributed by atoms with Gasteiger partial charge in [-0.05, 0) is 36.8 Å². The van der Waals surface area contributed by atoms with Crippen molar-refractivity contribution in [2.45, 2.75) is 13.1 Å². The monoisotopic (exact) mass is 330 g/mol. The highest BCUT2D eigenvalue weighted by Crippen LogP contribution is 2.42. The normalized spacial score (nSPS) is 13.9. The number of imide groups is 1. The standard InChI is InChI=1S/C17H9F3N2O2/c1-9-7-10(8-13(14(9)21-2)17(18,19)20)22-15(23)11-5-3-4-6-12(11)16(22)24/h3-8H,1H3. The quantitative estimate of drug-likeness (QED) is 0.576. The predicted octanol–water partition coefficient (Wildman–Crippen LogP) is 4.37. The maximum Gasteiger partial charge on any atom is 0.407 e. The first-order valence-corrected chi connectivity index (χ1v) is 6.83. The summed E-state index contributed by atoms with van der Waals surface area (Å²) in [5, 5.41) is 0. The highest BCUT2D eigenvalue weighted by molar-refractivity contribution is 6.34. The fraction of sp³-hybridized carbons (Fsp3) is 0.118. The number of carbonyl (C=O) groups excluding carboxylic acids is 2. The Morgan fingerprint density at radius 3 is 2.04 bits per heavy atom. The Morgan fingerprint density at radius 1 is 1.04 bits per heavy atom. The largest absolute Gasteiger partial charge is 0.407 e. The summed E-state index contributed by atoms with van der Waals surface area (Å²) in [5.74, 6) is -1.36. The molecular weight excluding hydrogens is 321 g/mol. The van der Waals surface area contributed by atoms with E-state index in [2.05, 4.69) is 4.85 Å². The van der Waals surface area contributed by atoms with Crippen LogP contribution in [0.5, 0.6) is 0 Å². The zero-order valence-corrected chi connectivity index (χ0v) is 12.3. The van der Waals surface area contributed by atoms with Crippen molar-refractivity contribution in [2.75, 3.05) is 4.90 Å². The molecule has 0 bridgehead atoms. The van der Waals surface area contributed by atoms with Gasteiger partial charge in [-0.1, -0.05) is 12.1 Å². The lowest BCUT2D eigenvalue weighted by molar-refractivity contribution is -0.136. The number of nitrogens with zero attached hydrogens (tertiary/aromatic N) is 2. The van der Waals surface area contributed by atoms with E-state index < -0.39 is 29.2 Å². The molecule has 4 nitrogen and oxygen atoms in total. The van der Waals surface area contributed by atoms with Gasteiger partial charge in [-0.15, -0.1) is 0 Å². The van der Waals surface area contributed by atoms with Crippen LogP contribution in [0.1, 0.15) is 31.8 Å². The van der Waals surface area contributed by atoms with E-state index in [-0.39, 0.29) is 22.4 Å². The van der Waals surface area contributed by atoms with Crippen molar-refractivity contribution < 1.29 is 22.8 Å². The van der Waals surface area contributed by atoms with Gasteiger partial charge < -0.3 is 0 Å². The lowest BCUT2D eigenvalue weighted by Gasteiger charge is -2.18. The molecule has 0 aromatic heterocycles. The van der Waals surface area contributed by atoms with Crippen LogP contribution in [-0.4, -0.2) is 11.8 Å². The molecule has 7 heteroatoms. The van der Waals surface area contributed by atoms with Gasteiger partial charge in [-0.3, -0.25) is 9.59 Å². The fourth-order valence-corrected chi connectivity index (χ4v) is 2.68. The molecule has 120 valence electrons. The lowest BCUT2D eigenvalue weighted by Crippen LogP contribution is -2.29. The van der Waals surface area contributed by atoms with Crippen molar-refractivity contribution >= 4 is 23.2 Å². The summed E-state index contributed by atoms with van der Waals surface area (Å²) in [6.45, 7) is 8.29. The molecule has 0 N–H and O–H groups in total. The van der Waals surface area contributed by atoms with E-state index in [1.54, 1.807) is 12.1 Å². The van der Waals surface area contributed by atoms with E-state index in [9.17, 15) is 22.8 Å². The Balaban J connectivity index is 2.19. The van der Waals surface area contributed by atoms with Crippen LogP contribution in [0.3, 0.4) is 0 Å². The van der Waals surface area contributed by atoms with Crippen LogP contribution < -0.4 is 4.90 Å². The number of anilines is 1. The van der Waals surface area contributed by atoms with Gasteiger partial charge in [-0.2, -0.15) is 13.2 Å². The minimum atomic E-state index is -4.76. The van der Waals surface area contributed by atoms with E-state index >= 15 is 0 Å². The van der Waals surface area contributed by atoms with Crippen molar-refractivity contribution in [2.24, 2.45) is 0 Å². The van der Waals surface area contributed by atoms with Crippen LogP contribution in [0, 0.1) is 13.5 Å². The molecule has 2 aromatic rings. The van der Waals surface area contributed by atoms with Crippen molar-refractivity contribution in [3.05, 3.63) is 70.1 Å². The molecule has 0 unspecified atom stereocenters. The van der Waals surface area contributed by atoms with Crippen molar-refractivity contribution in [1.29, 1.82) is 0 Å². The minimum absolute atomic E-state index is 0.0476. The fourth-order valence-electron chi connectivity index (χ4n) is 2.68. The van der Waals surface area contributed by atoms with Crippen molar-refractivity contribution in [3.63, 3.8) is 0 Å². The molecule has 24 heavy (non-hydrogen) atoms. The maximum absolute atomic E-state index is 13.2. The summed E-state index contributed by atoms with van der Waals surface area (Å²) >= 11 is 0. The number of hydrogen-bond donors (Lipinski definition) is 0. The smallest absolute Gasteiger partial charge is 0.268 e. The van der Waals surface area contributed by atoms with Gasteiger partial charge in [0.1, 0.15) is 0 Å². The maximum atomic E-state index is 13.2. The molecular formula is C17H9F3N2O2. The van der Waals surface area contributed by atoms with E-state index in [4.69, 9.17) is 6.57 Å². The van der Waals surface area contributed by atoms with Crippen LogP contribution in [-0.2, 0) is 6.18 Å². The Morgan fingerprint density at radius 2 is 1.58 bits per heavy atom. The summed E-state index contributed by atoms with van der Waals surface area (Å²) in [6, 6.07) is 7.94. The molecule has 1 aliphatic heterocycles. The number of fused-ring (bicyclic) bond motifs is 1. The number of benzene rings is 2. The highest BCUT2D eigenvalue weighted by atomic mass is 19.4. The first-order valence-electron chi connectivity index (χ1n) is 6.83. The third-order valence-electron chi connectivity index (χ3n) is 3.75. The van der Waals surface area contributed by atoms with Gasteiger partial charge in [0.15, 0.2) is 0 Å². The first-order chi connectivity index (χ1) is 11.3. The van der Waals surface area contributed by atoms with Gasteiger partial charge in [0.05, 0.1) is 28.9 Å². The average molecular weight is 330 g/mol. The molecule has 0 aliphatic carbocycles. The number of hydrogen-bond acceptors (Lipinski definition) is 2. The minimum Gasteiger partial charge on any atom is -0.268 e. The molecule has 1 aliphatic rings. The lowest BCUT2D eigenvalue weighted by atomic mass is 10.1. The van der Waals surface area contributed by atoms with Crippen molar-refractivity contribution in [3.8, 4) is 0 Å². The Labute approximate surface area is 134 Å². The first kappa shape index (κ1) is 15.7. The molecule has 0 saturated carbocycles. The molecule has 2 amide bonds. The number of carbonyl (C=O) groups is 2. The summed E-state index contributed by atoms with van der Waals surface area (Å²) in [4.78, 5) is 28.4. The molecule has 0 radical (unpaired) electrons. The molecule has 0 atom stereocenters. The van der Waals surface area contributed by atoms with E-state index in [1.807, 2.05) is 0 Å². The van der Waals surface area contributed by atoms with Crippen LogP contribution >= 0.6 is 0 Å². The SMILES string of the molecule is [C-]#[N+]c1c(C)cc(N2C(=O)c3ccccc3C2=O)cc1C(F)(F)F. The van der Waals surface area contributed by atoms with Gasteiger partial charge >= 0.3 is 6.18 Å². The highest BCUT2D eigenvalue weighted by Gasteiger charge is 2.39. The number of aryl methyl sites for hydroxylation is 1. The number of rotatable bonds is 1. The summed E-state index contributed by atoms with van der Waals surface area (Å²) in [5.41, 5.74) is -1.57. The number of alkyl halides is 3. The molecule has 1 heterocycles. The van der Waals surface area contributed by atoms with Crippen LogP contribution in [0.2, 0.25) is 0 Å². The van der Waals surface area contributed by atoms with Crippen LogP contribution in [0.25, 0.3) is 4.85 Å². The molecule has 0 fully saturated rings. The van der Waals surface area contributed by atoms with Crippen LogP contribution in [0.15, 0.2) is 36.4 Å². The Bertz CT molecular complexity index is 891. The molecule has 3 rings (SSSR count). The Kier molecular flexibility index (Phi) is 3.41. The van der Waals surface area contributed by atoms with E-state index in [0.717, 1.165) is 0 Å². The third-order valence-corrected chi connectivity index (χ3v) is 3.75. The van der Waals surface area contributed by atoms with E-state index in [1.165, 1.54) is 25.1 Å². The molecule has 2 aromatic carbocycles.